The molecule has 0 fully saturated rings. The van der Waals surface area contributed by atoms with Gasteiger partial charge in [-0.1, -0.05) is 6.07 Å². The normalized spacial score (nSPS) is 10.0. The Morgan fingerprint density at radius 3 is 2.24 bits per heavy atom. The highest BCUT2D eigenvalue weighted by molar-refractivity contribution is 5.48. The van der Waals surface area contributed by atoms with Crippen LogP contribution in [0.4, 0.5) is 5.69 Å². The fourth-order valence-electron chi connectivity index (χ4n) is 2.03. The molecule has 4 heteroatoms. The highest BCUT2D eigenvalue weighted by atomic mass is 16.5. The van der Waals surface area contributed by atoms with E-state index in [1.807, 2.05) is 49.4 Å². The van der Waals surface area contributed by atoms with E-state index in [0.717, 1.165) is 28.5 Å². The van der Waals surface area contributed by atoms with Crippen LogP contribution in [0.5, 0.6) is 17.2 Å². The molecule has 112 valence electrons. The zero-order chi connectivity index (χ0) is 15.1. The van der Waals surface area contributed by atoms with E-state index in [0.29, 0.717) is 13.2 Å². The van der Waals surface area contributed by atoms with Crippen molar-refractivity contribution in [3.8, 4) is 17.2 Å². The second-order valence-corrected chi connectivity index (χ2v) is 4.50. The number of benzene rings is 2. The molecule has 0 aliphatic carbocycles. The monoisotopic (exact) mass is 287 g/mol. The summed E-state index contributed by atoms with van der Waals surface area (Å²) in [6.45, 7) is 3.37. The summed E-state index contributed by atoms with van der Waals surface area (Å²) in [6.07, 6.45) is 0. The molecule has 0 amide bonds. The maximum absolute atomic E-state index is 5.42. The summed E-state index contributed by atoms with van der Waals surface area (Å²) in [4.78, 5) is 0. The van der Waals surface area contributed by atoms with Gasteiger partial charge in [0.2, 0.25) is 0 Å². The maximum atomic E-state index is 5.42. The molecule has 4 nitrogen and oxygen atoms in total. The Balaban J connectivity index is 1.99. The highest BCUT2D eigenvalue weighted by Gasteiger charge is 2.04. The quantitative estimate of drug-likeness (QED) is 0.842. The van der Waals surface area contributed by atoms with Crippen LogP contribution in [0.3, 0.4) is 0 Å². The number of ether oxygens (including phenoxy) is 3. The molecule has 0 aromatic heterocycles. The van der Waals surface area contributed by atoms with Gasteiger partial charge in [0, 0.05) is 12.2 Å². The molecular formula is C17H21NO3. The average molecular weight is 287 g/mol. The molecule has 0 aliphatic heterocycles. The minimum Gasteiger partial charge on any atom is -0.494 e. The van der Waals surface area contributed by atoms with E-state index in [2.05, 4.69) is 5.32 Å². The van der Waals surface area contributed by atoms with E-state index < -0.39 is 0 Å². The first-order valence-corrected chi connectivity index (χ1v) is 6.94. The molecule has 0 heterocycles. The molecule has 0 saturated heterocycles. The van der Waals surface area contributed by atoms with Gasteiger partial charge in [-0.05, 0) is 48.9 Å². The van der Waals surface area contributed by atoms with Crippen molar-refractivity contribution >= 4 is 5.69 Å². The van der Waals surface area contributed by atoms with Crippen LogP contribution < -0.4 is 19.5 Å². The average Bonchev–Trinajstić information content (AvgIpc) is 2.54. The van der Waals surface area contributed by atoms with Crippen molar-refractivity contribution in [1.29, 1.82) is 0 Å². The molecule has 2 rings (SSSR count). The van der Waals surface area contributed by atoms with Crippen LogP contribution in [0.15, 0.2) is 42.5 Å². The molecule has 21 heavy (non-hydrogen) atoms. The van der Waals surface area contributed by atoms with E-state index in [9.17, 15) is 0 Å². The van der Waals surface area contributed by atoms with Crippen LogP contribution >= 0.6 is 0 Å². The first kappa shape index (κ1) is 15.0. The van der Waals surface area contributed by atoms with Crippen LogP contribution in [0, 0.1) is 0 Å². The van der Waals surface area contributed by atoms with Crippen molar-refractivity contribution in [2.45, 2.75) is 13.5 Å². The summed E-state index contributed by atoms with van der Waals surface area (Å²) < 4.78 is 16.0. The predicted octanol–water partition coefficient (Wildman–Crippen LogP) is 3.71. The number of methoxy groups -OCH3 is 2. The fourth-order valence-corrected chi connectivity index (χ4v) is 2.03. The number of hydrogen-bond donors (Lipinski definition) is 1. The van der Waals surface area contributed by atoms with Crippen molar-refractivity contribution in [3.63, 3.8) is 0 Å². The summed E-state index contributed by atoms with van der Waals surface area (Å²) in [5.41, 5.74) is 2.18. The molecule has 0 spiro atoms. The van der Waals surface area contributed by atoms with Crippen molar-refractivity contribution < 1.29 is 14.2 Å². The van der Waals surface area contributed by atoms with Crippen LogP contribution in [-0.2, 0) is 6.54 Å². The summed E-state index contributed by atoms with van der Waals surface area (Å²) in [5, 5.41) is 3.37. The van der Waals surface area contributed by atoms with Crippen LogP contribution in [0.2, 0.25) is 0 Å². The van der Waals surface area contributed by atoms with Gasteiger partial charge in [0.05, 0.1) is 20.8 Å². The van der Waals surface area contributed by atoms with Crippen molar-refractivity contribution in [2.75, 3.05) is 26.1 Å². The number of anilines is 1. The molecule has 1 N–H and O–H groups in total. The van der Waals surface area contributed by atoms with Gasteiger partial charge in [-0.3, -0.25) is 0 Å². The van der Waals surface area contributed by atoms with Gasteiger partial charge in [-0.15, -0.1) is 0 Å². The summed E-state index contributed by atoms with van der Waals surface area (Å²) in [5.74, 6) is 2.36. The number of rotatable bonds is 7. The molecule has 0 radical (unpaired) electrons. The van der Waals surface area contributed by atoms with Crippen molar-refractivity contribution in [3.05, 3.63) is 48.0 Å². The molecule has 2 aromatic carbocycles. The first-order valence-electron chi connectivity index (χ1n) is 6.94. The van der Waals surface area contributed by atoms with E-state index in [-0.39, 0.29) is 0 Å². The van der Waals surface area contributed by atoms with Gasteiger partial charge < -0.3 is 19.5 Å². The Morgan fingerprint density at radius 1 is 0.905 bits per heavy atom. The molecule has 0 unspecified atom stereocenters. The lowest BCUT2D eigenvalue weighted by Gasteiger charge is -2.11. The summed E-state index contributed by atoms with van der Waals surface area (Å²) in [7, 11) is 3.28. The molecule has 0 saturated carbocycles. The zero-order valence-electron chi connectivity index (χ0n) is 12.7. The number of nitrogens with one attached hydrogen (secondary N) is 1. The smallest absolute Gasteiger partial charge is 0.161 e. The van der Waals surface area contributed by atoms with Gasteiger partial charge in [0.15, 0.2) is 11.5 Å². The number of hydrogen-bond acceptors (Lipinski definition) is 4. The van der Waals surface area contributed by atoms with Crippen LogP contribution in [0.1, 0.15) is 12.5 Å². The molecule has 0 atom stereocenters. The third-order valence-electron chi connectivity index (χ3n) is 3.11. The second kappa shape index (κ2) is 7.43. The molecule has 0 bridgehead atoms. The maximum Gasteiger partial charge on any atom is 0.161 e. The van der Waals surface area contributed by atoms with Gasteiger partial charge in [-0.25, -0.2) is 0 Å². The SMILES string of the molecule is CCOc1ccc(NCc2ccc(OC)c(OC)c2)cc1. The summed E-state index contributed by atoms with van der Waals surface area (Å²) >= 11 is 0. The minimum absolute atomic E-state index is 0.679. The third-order valence-corrected chi connectivity index (χ3v) is 3.11. The Bertz CT molecular complexity index is 567. The molecular weight excluding hydrogens is 266 g/mol. The standard InChI is InChI=1S/C17H21NO3/c1-4-21-15-8-6-14(7-9-15)18-12-13-5-10-16(19-2)17(11-13)20-3/h5-11,18H,4,12H2,1-3H3. The largest absolute Gasteiger partial charge is 0.494 e. The lowest BCUT2D eigenvalue weighted by atomic mass is 10.2. The van der Waals surface area contributed by atoms with Gasteiger partial charge >= 0.3 is 0 Å². The van der Waals surface area contributed by atoms with Crippen LogP contribution in [-0.4, -0.2) is 20.8 Å². The Kier molecular flexibility index (Phi) is 5.32. The Morgan fingerprint density at radius 2 is 1.62 bits per heavy atom. The van der Waals surface area contributed by atoms with Crippen molar-refractivity contribution in [1.82, 2.24) is 0 Å². The van der Waals surface area contributed by atoms with E-state index in [1.54, 1.807) is 14.2 Å². The van der Waals surface area contributed by atoms with Crippen molar-refractivity contribution in [2.24, 2.45) is 0 Å². The fraction of sp³-hybridized carbons (Fsp3) is 0.294. The molecule has 2 aromatic rings. The van der Waals surface area contributed by atoms with Gasteiger partial charge in [-0.2, -0.15) is 0 Å². The van der Waals surface area contributed by atoms with Gasteiger partial charge in [0.1, 0.15) is 5.75 Å². The topological polar surface area (TPSA) is 39.7 Å². The highest BCUT2D eigenvalue weighted by Crippen LogP contribution is 2.28. The van der Waals surface area contributed by atoms with E-state index >= 15 is 0 Å². The van der Waals surface area contributed by atoms with E-state index in [4.69, 9.17) is 14.2 Å². The lowest BCUT2D eigenvalue weighted by Crippen LogP contribution is -2.00. The predicted molar refractivity (Wildman–Crippen MR) is 84.5 cm³/mol. The Hall–Kier alpha value is -2.36. The van der Waals surface area contributed by atoms with Crippen LogP contribution in [0.25, 0.3) is 0 Å². The second-order valence-electron chi connectivity index (χ2n) is 4.50. The van der Waals surface area contributed by atoms with E-state index in [1.165, 1.54) is 0 Å². The first-order chi connectivity index (χ1) is 10.3. The summed E-state index contributed by atoms with van der Waals surface area (Å²) in [6, 6.07) is 13.8. The third kappa shape index (κ3) is 4.05. The van der Waals surface area contributed by atoms with Gasteiger partial charge in [0.25, 0.3) is 0 Å². The lowest BCUT2D eigenvalue weighted by molar-refractivity contribution is 0.340. The Labute approximate surface area is 125 Å². The molecule has 0 aliphatic rings. The zero-order valence-corrected chi connectivity index (χ0v) is 12.7. The minimum atomic E-state index is 0.679.